The molecule has 0 aliphatic carbocycles. The van der Waals surface area contributed by atoms with Crippen LogP contribution in [0.1, 0.15) is 16.7 Å². The Labute approximate surface area is 910 Å². The Morgan fingerprint density at radius 1 is 0.213 bits per heavy atom. The SMILES string of the molecule is Cc1cc(C)c(N(c2[c-]c(-c3ccc([Si](C)(C)C)cn3)ccc2)c2[c-]c(-c3cc4c(cn3)oc3ccccc34)ccc2)c(C)c1.[Pt+2].[Pt+2].[Pt+2].[c-]1c(-c2cc(-c3ccccc3)ccn2)cccc1N(c1[c-]c(-c2cc3c(cn2)oc2ccccc23)ccc1)c1ccc2oc3ccccc3c2c1.[c-]1c(-c2cc3c(cn2)oc2ccccc23)cccc1N(c1[c-]c(-c2cc3c(cn2)oc2ccccc23)ccc1)c1ccc(-c2ccccc2)cc1. The van der Waals surface area contributed by atoms with Crippen molar-refractivity contribution < 1.29 is 85.3 Å². The van der Waals surface area contributed by atoms with E-state index in [1.807, 2.05) is 158 Å². The van der Waals surface area contributed by atoms with Gasteiger partial charge in [-0.3, -0.25) is 0 Å². The molecule has 11 heterocycles. The Bertz CT molecular complexity index is 9540. The monoisotopic (exact) mass is 2490 g/mol. The summed E-state index contributed by atoms with van der Waals surface area (Å²) in [6.07, 6.45) is 11.1. The molecule has 0 fully saturated rings. The van der Waals surface area contributed by atoms with Crippen LogP contribution >= 0.6 is 0 Å². The third-order valence-corrected chi connectivity index (χ3v) is 29.1. The van der Waals surface area contributed by atoms with Gasteiger partial charge in [0.1, 0.15) is 33.5 Å². The zero-order valence-corrected chi connectivity index (χ0v) is 89.8. The number of furan rings is 5. The number of hydrogen-bond acceptors (Lipinski definition) is 14. The van der Waals surface area contributed by atoms with E-state index in [0.717, 1.165) is 245 Å². The largest absolute Gasteiger partial charge is 2.00 e. The molecule has 0 aliphatic rings. The maximum absolute atomic E-state index is 6.20. The summed E-state index contributed by atoms with van der Waals surface area (Å²) in [7, 11) is -1.45. The molecule has 0 unspecified atom stereocenters. The van der Waals surface area contributed by atoms with E-state index >= 15 is 0 Å². The number of para-hydroxylation sites is 5. The molecule has 0 saturated heterocycles. The number of aromatic nitrogens is 6. The predicted molar refractivity (Wildman–Crippen MR) is 600 cm³/mol. The van der Waals surface area contributed by atoms with Gasteiger partial charge in [-0.15, -0.1) is 179 Å². The van der Waals surface area contributed by atoms with Gasteiger partial charge in [-0.1, -0.05) is 244 Å². The molecular formula is C132H89N9O5Pt3Si. The van der Waals surface area contributed by atoms with Gasteiger partial charge in [0.2, 0.25) is 0 Å². The van der Waals surface area contributed by atoms with Crippen LogP contribution in [-0.2, 0) is 63.2 Å². The molecule has 0 radical (unpaired) electrons. The zero-order chi connectivity index (χ0) is 98.7. The van der Waals surface area contributed by atoms with Crippen molar-refractivity contribution in [3.05, 3.63) is 485 Å². The minimum Gasteiger partial charge on any atom is -0.456 e. The minimum atomic E-state index is -1.45. The zero-order valence-electron chi connectivity index (χ0n) is 82.0. The molecule has 726 valence electrons. The van der Waals surface area contributed by atoms with Crippen molar-refractivity contribution >= 4 is 174 Å². The number of fused-ring (bicyclic) bond motifs is 15. The van der Waals surface area contributed by atoms with Gasteiger partial charge in [0.05, 0.1) is 32.9 Å². The molecule has 14 nitrogen and oxygen atoms in total. The third kappa shape index (κ3) is 19.3. The first-order chi connectivity index (χ1) is 72.1. The van der Waals surface area contributed by atoms with E-state index in [-0.39, 0.29) is 63.2 Å². The van der Waals surface area contributed by atoms with E-state index in [2.05, 4.69) is 346 Å². The average Bonchev–Trinajstić information content (AvgIpc) is 1.44. The number of benzene rings is 16. The molecule has 27 aromatic rings. The summed E-state index contributed by atoms with van der Waals surface area (Å²) in [6, 6.07) is 157. The first-order valence-electron chi connectivity index (χ1n) is 48.9. The third-order valence-electron chi connectivity index (χ3n) is 27.0. The Kier molecular flexibility index (Phi) is 27.2. The normalized spacial score (nSPS) is 11.4. The summed E-state index contributed by atoms with van der Waals surface area (Å²) in [6.45, 7) is 13.5. The maximum atomic E-state index is 6.20. The predicted octanol–water partition coefficient (Wildman–Crippen LogP) is 34.9. The summed E-state index contributed by atoms with van der Waals surface area (Å²) >= 11 is 0. The molecule has 0 spiro atoms. The van der Waals surface area contributed by atoms with Gasteiger partial charge < -0.3 is 66.7 Å². The van der Waals surface area contributed by atoms with Crippen molar-refractivity contribution in [3.8, 4) is 89.8 Å². The number of hydrogen-bond donors (Lipinski definition) is 0. The second kappa shape index (κ2) is 41.8. The Morgan fingerprint density at radius 3 is 0.867 bits per heavy atom. The van der Waals surface area contributed by atoms with Crippen molar-refractivity contribution in [2.24, 2.45) is 0 Å². The number of rotatable bonds is 18. The molecule has 0 saturated carbocycles. The van der Waals surface area contributed by atoms with Crippen LogP contribution in [0.3, 0.4) is 0 Å². The van der Waals surface area contributed by atoms with Crippen LogP contribution < -0.4 is 19.9 Å². The average molecular weight is 2490 g/mol. The Hall–Kier alpha value is -16.9. The molecule has 150 heavy (non-hydrogen) atoms. The first-order valence-corrected chi connectivity index (χ1v) is 52.4. The Balaban J connectivity index is 0.000000126. The molecule has 27 rings (SSSR count). The van der Waals surface area contributed by atoms with Crippen molar-refractivity contribution in [3.63, 3.8) is 0 Å². The Morgan fingerprint density at radius 2 is 0.507 bits per heavy atom. The summed E-state index contributed by atoms with van der Waals surface area (Å²) in [5.41, 5.74) is 35.0. The van der Waals surface area contributed by atoms with Gasteiger partial charge >= 0.3 is 63.2 Å². The van der Waals surface area contributed by atoms with Crippen molar-refractivity contribution in [1.29, 1.82) is 0 Å². The van der Waals surface area contributed by atoms with E-state index in [4.69, 9.17) is 52.0 Å². The fourth-order valence-corrected chi connectivity index (χ4v) is 21.0. The second-order valence-corrected chi connectivity index (χ2v) is 42.9. The van der Waals surface area contributed by atoms with E-state index in [9.17, 15) is 0 Å². The summed E-state index contributed by atoms with van der Waals surface area (Å²) < 4.78 is 30.4. The number of anilines is 9. The fraction of sp³-hybridized carbons (Fsp3) is 0.0455. The fourth-order valence-electron chi connectivity index (χ4n) is 19.9. The molecule has 0 amide bonds. The number of pyridine rings is 6. The van der Waals surface area contributed by atoms with Crippen LogP contribution in [0.4, 0.5) is 51.2 Å². The van der Waals surface area contributed by atoms with E-state index in [1.165, 1.54) is 27.4 Å². The molecule has 0 bridgehead atoms. The van der Waals surface area contributed by atoms with Gasteiger partial charge in [0, 0.05) is 83.3 Å². The van der Waals surface area contributed by atoms with Gasteiger partial charge in [-0.2, -0.15) is 0 Å². The topological polar surface area (TPSA) is 153 Å². The first kappa shape index (κ1) is 97.8. The van der Waals surface area contributed by atoms with E-state index in [0.29, 0.717) is 0 Å². The summed E-state index contributed by atoms with van der Waals surface area (Å²) in [5.74, 6) is 0. The van der Waals surface area contributed by atoms with Crippen LogP contribution in [0.15, 0.2) is 454 Å². The van der Waals surface area contributed by atoms with Gasteiger partial charge in [0.15, 0.2) is 22.3 Å². The summed E-state index contributed by atoms with van der Waals surface area (Å²) in [5, 5.41) is 11.8. The van der Waals surface area contributed by atoms with Crippen molar-refractivity contribution in [1.82, 2.24) is 29.9 Å². The van der Waals surface area contributed by atoms with Crippen LogP contribution in [0.25, 0.3) is 199 Å². The molecule has 0 atom stereocenters. The standard InChI is InChI=1S/2C46H27N3O2.C40H35N3OSi.3Pt/c1-2-10-30(11-3-1)31-20-22-34(23-21-31)49(35-14-8-12-32(24-35)41-26-39-37-16-4-6-18-43(37)50-45(39)28-47-41)36-15-9-13-33(25-36)42-27-40-38-17-5-7-19-44(38)51-46(40)29-48-42;1-2-10-30(11-3-1)31-22-23-47-41(26-31)32-12-8-14-34(24-32)49(36-20-21-45-39(27-36)37-16-4-6-18-43(37)50-45)35-15-9-13-33(25-35)42-28-40-38-17-5-7-19-44(38)51-46(40)29-48-42;1-26-19-27(2)40(28(3)20-26)43(31-13-9-11-29(21-31)36-18-17-33(24-41-36)45(4,5)6)32-14-10-12-30(22-32)37-23-35-34-15-7-8-16-38(34)44-39(35)25-42-37;;;/h2*1-23,26-29H;7-20,23-25H,1-6H3;;;/q3*-2;3*+2. The quantitative estimate of drug-likeness (QED) is 0.0591. The second-order valence-electron chi connectivity index (χ2n) is 37.8. The van der Waals surface area contributed by atoms with E-state index < -0.39 is 8.07 Å². The van der Waals surface area contributed by atoms with Crippen LogP contribution in [0, 0.1) is 57.2 Å². The number of aryl methyl sites for hydroxylation is 3. The molecular weight excluding hydrogens is 2400 g/mol. The maximum Gasteiger partial charge on any atom is 2.00 e. The smallest absolute Gasteiger partial charge is 0.456 e. The van der Waals surface area contributed by atoms with Gasteiger partial charge in [-0.25, -0.2) is 0 Å². The van der Waals surface area contributed by atoms with Crippen molar-refractivity contribution in [2.45, 2.75) is 40.4 Å². The van der Waals surface area contributed by atoms with Gasteiger partial charge in [0.25, 0.3) is 0 Å². The molecule has 18 heteroatoms. The molecule has 0 N–H and O–H groups in total. The molecule has 0 aliphatic heterocycles. The number of nitrogens with zero attached hydrogens (tertiary/aromatic N) is 9. The van der Waals surface area contributed by atoms with Crippen LogP contribution in [0.5, 0.6) is 0 Å². The van der Waals surface area contributed by atoms with Gasteiger partial charge in [-0.05, 0) is 194 Å². The van der Waals surface area contributed by atoms with Crippen LogP contribution in [-0.4, -0.2) is 38.0 Å². The molecule has 16 aromatic carbocycles. The summed E-state index contributed by atoms with van der Waals surface area (Å²) in [4.78, 5) is 35.4. The minimum absolute atomic E-state index is 0. The van der Waals surface area contributed by atoms with Crippen LogP contribution in [0.2, 0.25) is 19.6 Å². The van der Waals surface area contributed by atoms with E-state index in [1.54, 1.807) is 18.6 Å². The molecule has 11 aromatic heterocycles. The van der Waals surface area contributed by atoms with Crippen molar-refractivity contribution in [2.75, 3.05) is 14.7 Å².